The van der Waals surface area contributed by atoms with E-state index in [0.717, 1.165) is 38.5 Å². The van der Waals surface area contributed by atoms with Crippen molar-refractivity contribution in [3.8, 4) is 0 Å². The molecular formula is C21H34N4O2. The van der Waals surface area contributed by atoms with Crippen LogP contribution >= 0.6 is 0 Å². The topological polar surface area (TPSA) is 57.2 Å². The van der Waals surface area contributed by atoms with Crippen LogP contribution < -0.4 is 5.32 Å². The van der Waals surface area contributed by atoms with Crippen molar-refractivity contribution in [1.82, 2.24) is 15.1 Å². The maximum Gasteiger partial charge on any atom is 0.243 e. The molecule has 1 amide bonds. The Balaban J connectivity index is 1.86. The second-order valence-electron chi connectivity index (χ2n) is 7.48. The van der Waals surface area contributed by atoms with E-state index in [4.69, 9.17) is 4.74 Å². The number of aliphatic imine (C=N–C) groups is 1. The molecule has 2 rings (SSSR count). The molecule has 150 valence electrons. The number of likely N-dealkylation sites (N-methyl/N-ethyl adjacent to an activating group) is 1. The molecular weight excluding hydrogens is 340 g/mol. The molecule has 0 saturated carbocycles. The van der Waals surface area contributed by atoms with Gasteiger partial charge in [0.15, 0.2) is 5.96 Å². The monoisotopic (exact) mass is 374 g/mol. The number of benzene rings is 1. The third-order valence-electron chi connectivity index (χ3n) is 4.90. The number of ether oxygens (including phenoxy) is 1. The van der Waals surface area contributed by atoms with E-state index in [1.165, 1.54) is 5.56 Å². The van der Waals surface area contributed by atoms with E-state index in [0.29, 0.717) is 18.6 Å². The molecule has 0 bridgehead atoms. The van der Waals surface area contributed by atoms with Gasteiger partial charge >= 0.3 is 0 Å². The van der Waals surface area contributed by atoms with Crippen molar-refractivity contribution in [3.63, 3.8) is 0 Å². The molecule has 1 saturated heterocycles. The summed E-state index contributed by atoms with van der Waals surface area (Å²) in [5.74, 6) is 1.34. The van der Waals surface area contributed by atoms with Crippen LogP contribution in [0.5, 0.6) is 0 Å². The van der Waals surface area contributed by atoms with Crippen LogP contribution in [-0.2, 0) is 16.1 Å². The van der Waals surface area contributed by atoms with Crippen LogP contribution in [0.1, 0.15) is 32.3 Å². The van der Waals surface area contributed by atoms with Crippen molar-refractivity contribution in [2.75, 3.05) is 40.3 Å². The molecule has 1 aliphatic rings. The van der Waals surface area contributed by atoms with E-state index < -0.39 is 0 Å². The zero-order valence-electron chi connectivity index (χ0n) is 17.1. The van der Waals surface area contributed by atoms with Crippen LogP contribution in [0.3, 0.4) is 0 Å². The zero-order valence-corrected chi connectivity index (χ0v) is 17.1. The number of nitrogens with one attached hydrogen (secondary N) is 1. The van der Waals surface area contributed by atoms with Crippen LogP contribution in [0, 0.1) is 5.92 Å². The number of carbonyl (C=O) groups excluding carboxylic acids is 1. The summed E-state index contributed by atoms with van der Waals surface area (Å²) in [4.78, 5) is 20.3. The first-order valence-electron chi connectivity index (χ1n) is 9.87. The van der Waals surface area contributed by atoms with Crippen LogP contribution in [0.4, 0.5) is 0 Å². The van der Waals surface area contributed by atoms with E-state index in [9.17, 15) is 4.79 Å². The van der Waals surface area contributed by atoms with Crippen molar-refractivity contribution in [3.05, 3.63) is 35.9 Å². The molecule has 0 radical (unpaired) electrons. The highest BCUT2D eigenvalue weighted by atomic mass is 16.5. The maximum absolute atomic E-state index is 11.9. The second kappa shape index (κ2) is 10.9. The van der Waals surface area contributed by atoms with Crippen molar-refractivity contribution in [2.24, 2.45) is 10.9 Å². The Morgan fingerprint density at radius 2 is 2.11 bits per heavy atom. The SMILES string of the molecule is CCC(C)NC(=NCC(=O)N(C)C)N1CCC(COCc2ccccc2)C1. The van der Waals surface area contributed by atoms with Gasteiger partial charge < -0.3 is 19.9 Å². The average Bonchev–Trinajstić information content (AvgIpc) is 3.14. The van der Waals surface area contributed by atoms with E-state index in [1.807, 2.05) is 18.2 Å². The average molecular weight is 375 g/mol. The molecule has 1 heterocycles. The van der Waals surface area contributed by atoms with E-state index in [2.05, 4.69) is 41.2 Å². The lowest BCUT2D eigenvalue weighted by Gasteiger charge is -2.25. The van der Waals surface area contributed by atoms with Crippen molar-refractivity contribution < 1.29 is 9.53 Å². The Morgan fingerprint density at radius 1 is 1.37 bits per heavy atom. The molecule has 2 unspecified atom stereocenters. The summed E-state index contributed by atoms with van der Waals surface area (Å²) in [6, 6.07) is 10.6. The van der Waals surface area contributed by atoms with Gasteiger partial charge in [-0.2, -0.15) is 0 Å². The van der Waals surface area contributed by atoms with E-state index in [-0.39, 0.29) is 12.5 Å². The van der Waals surface area contributed by atoms with Gasteiger partial charge in [-0.25, -0.2) is 4.99 Å². The molecule has 27 heavy (non-hydrogen) atoms. The highest BCUT2D eigenvalue weighted by Gasteiger charge is 2.26. The molecule has 0 spiro atoms. The number of hydrogen-bond acceptors (Lipinski definition) is 3. The molecule has 6 nitrogen and oxygen atoms in total. The summed E-state index contributed by atoms with van der Waals surface area (Å²) < 4.78 is 5.92. The first kappa shape index (κ1) is 21.2. The molecule has 0 aliphatic carbocycles. The van der Waals surface area contributed by atoms with Crippen LogP contribution in [0.25, 0.3) is 0 Å². The lowest BCUT2D eigenvalue weighted by molar-refractivity contribution is -0.127. The van der Waals surface area contributed by atoms with Gasteiger partial charge in [-0.15, -0.1) is 0 Å². The van der Waals surface area contributed by atoms with Gasteiger partial charge in [0.25, 0.3) is 0 Å². The fourth-order valence-corrected chi connectivity index (χ4v) is 2.92. The number of likely N-dealkylation sites (tertiary alicyclic amines) is 1. The lowest BCUT2D eigenvalue weighted by Crippen LogP contribution is -2.44. The minimum atomic E-state index is 0.0143. The molecule has 1 fully saturated rings. The van der Waals surface area contributed by atoms with Gasteiger partial charge in [0.05, 0.1) is 13.2 Å². The lowest BCUT2D eigenvalue weighted by atomic mass is 10.1. The number of rotatable bonds is 8. The smallest absolute Gasteiger partial charge is 0.243 e. The number of amides is 1. The van der Waals surface area contributed by atoms with Crippen molar-refractivity contribution in [1.29, 1.82) is 0 Å². The van der Waals surface area contributed by atoms with Crippen molar-refractivity contribution in [2.45, 2.75) is 39.3 Å². The van der Waals surface area contributed by atoms with Crippen LogP contribution in [0.2, 0.25) is 0 Å². The maximum atomic E-state index is 11.9. The standard InChI is InChI=1S/C21H34N4O2/c1-5-17(2)23-21(22-13-20(26)24(3)4)25-12-11-19(14-25)16-27-15-18-9-7-6-8-10-18/h6-10,17,19H,5,11-16H2,1-4H3,(H,22,23). The van der Waals surface area contributed by atoms with E-state index in [1.54, 1.807) is 19.0 Å². The predicted octanol–water partition coefficient (Wildman–Crippen LogP) is 2.36. The fourth-order valence-electron chi connectivity index (χ4n) is 2.92. The third-order valence-corrected chi connectivity index (χ3v) is 4.90. The summed E-state index contributed by atoms with van der Waals surface area (Å²) in [6.45, 7) is 7.71. The molecule has 0 aromatic heterocycles. The summed E-state index contributed by atoms with van der Waals surface area (Å²) in [5, 5.41) is 3.47. The van der Waals surface area contributed by atoms with Crippen molar-refractivity contribution >= 4 is 11.9 Å². The molecule has 1 aliphatic heterocycles. The summed E-state index contributed by atoms with van der Waals surface area (Å²) in [5.41, 5.74) is 1.20. The number of carbonyl (C=O) groups is 1. The second-order valence-corrected chi connectivity index (χ2v) is 7.48. The Labute approximate surface area is 163 Å². The molecule has 6 heteroatoms. The summed E-state index contributed by atoms with van der Waals surface area (Å²) in [6.07, 6.45) is 2.09. The van der Waals surface area contributed by atoms with Gasteiger partial charge in [-0.3, -0.25) is 4.79 Å². The third kappa shape index (κ3) is 7.21. The quantitative estimate of drug-likeness (QED) is 0.561. The van der Waals surface area contributed by atoms with Crippen LogP contribution in [0.15, 0.2) is 35.3 Å². The van der Waals surface area contributed by atoms with Gasteiger partial charge in [0, 0.05) is 39.1 Å². The largest absolute Gasteiger partial charge is 0.376 e. The summed E-state index contributed by atoms with van der Waals surface area (Å²) in [7, 11) is 3.52. The number of guanidine groups is 1. The summed E-state index contributed by atoms with van der Waals surface area (Å²) >= 11 is 0. The fraction of sp³-hybridized carbons (Fsp3) is 0.619. The van der Waals surface area contributed by atoms with Crippen LogP contribution in [-0.4, -0.2) is 68.0 Å². The number of hydrogen-bond donors (Lipinski definition) is 1. The zero-order chi connectivity index (χ0) is 19.6. The Hall–Kier alpha value is -2.08. The van der Waals surface area contributed by atoms with E-state index >= 15 is 0 Å². The molecule has 1 N–H and O–H groups in total. The van der Waals surface area contributed by atoms with Gasteiger partial charge in [0.2, 0.25) is 5.91 Å². The minimum absolute atomic E-state index is 0.0143. The molecule has 2 atom stereocenters. The number of nitrogens with zero attached hydrogens (tertiary/aromatic N) is 3. The first-order valence-corrected chi connectivity index (χ1v) is 9.87. The highest BCUT2D eigenvalue weighted by molar-refractivity contribution is 5.85. The first-order chi connectivity index (χ1) is 13.0. The Morgan fingerprint density at radius 3 is 2.78 bits per heavy atom. The molecule has 1 aromatic carbocycles. The minimum Gasteiger partial charge on any atom is -0.376 e. The Bertz CT molecular complexity index is 603. The van der Waals surface area contributed by atoms with Gasteiger partial charge in [-0.05, 0) is 25.3 Å². The predicted molar refractivity (Wildman–Crippen MR) is 110 cm³/mol. The molecule has 1 aromatic rings. The highest BCUT2D eigenvalue weighted by Crippen LogP contribution is 2.17. The van der Waals surface area contributed by atoms with Gasteiger partial charge in [-0.1, -0.05) is 37.3 Å². The van der Waals surface area contributed by atoms with Gasteiger partial charge in [0.1, 0.15) is 6.54 Å². The Kier molecular flexibility index (Phi) is 8.58. The normalized spacial score (nSPS) is 18.4.